The Balaban J connectivity index is 2.75. The standard InChI is InChI=1S/C5H9NO4/c6-5(4(8)9)2-10-1-3(5)7/h3,7H,1-2,6H2,(H,8,9). The van der Waals surface area contributed by atoms with Crippen molar-refractivity contribution in [2.75, 3.05) is 13.2 Å². The maximum atomic E-state index is 10.4. The molecular weight excluding hydrogens is 138 g/mol. The Hall–Kier alpha value is -0.650. The Bertz CT molecular complexity index is 160. The van der Waals surface area contributed by atoms with Crippen molar-refractivity contribution in [2.45, 2.75) is 11.6 Å². The molecule has 1 rings (SSSR count). The maximum absolute atomic E-state index is 10.4. The number of carboxylic acid groups (broad SMARTS) is 1. The predicted octanol–water partition coefficient (Wildman–Crippen LogP) is -1.84. The maximum Gasteiger partial charge on any atom is 0.328 e. The van der Waals surface area contributed by atoms with Crippen LogP contribution in [0.4, 0.5) is 0 Å². The molecule has 0 aromatic heterocycles. The second-order valence-corrected chi connectivity index (χ2v) is 2.38. The molecule has 1 heterocycles. The lowest BCUT2D eigenvalue weighted by Gasteiger charge is -2.19. The first kappa shape index (κ1) is 7.46. The van der Waals surface area contributed by atoms with Gasteiger partial charge in [0.25, 0.3) is 0 Å². The number of carbonyl (C=O) groups is 1. The van der Waals surface area contributed by atoms with Crippen LogP contribution in [0.5, 0.6) is 0 Å². The lowest BCUT2D eigenvalue weighted by atomic mass is 9.98. The van der Waals surface area contributed by atoms with Crippen molar-refractivity contribution in [2.24, 2.45) is 5.73 Å². The van der Waals surface area contributed by atoms with Gasteiger partial charge in [-0.15, -0.1) is 0 Å². The molecule has 1 saturated heterocycles. The molecule has 0 aromatic rings. The minimum absolute atomic E-state index is 0.00278. The highest BCUT2D eigenvalue weighted by atomic mass is 16.5. The summed E-state index contributed by atoms with van der Waals surface area (Å²) < 4.78 is 4.68. The van der Waals surface area contributed by atoms with E-state index in [1.54, 1.807) is 0 Å². The number of aliphatic hydroxyl groups is 1. The van der Waals surface area contributed by atoms with Crippen molar-refractivity contribution in [1.82, 2.24) is 0 Å². The Morgan fingerprint density at radius 1 is 1.80 bits per heavy atom. The number of hydrogen-bond donors (Lipinski definition) is 3. The number of ether oxygens (including phenoxy) is 1. The van der Waals surface area contributed by atoms with Crippen LogP contribution < -0.4 is 5.73 Å². The largest absolute Gasteiger partial charge is 0.480 e. The Kier molecular flexibility index (Phi) is 1.63. The molecule has 0 aliphatic carbocycles. The fraction of sp³-hybridized carbons (Fsp3) is 0.800. The van der Waals surface area contributed by atoms with Gasteiger partial charge in [0.05, 0.1) is 13.2 Å². The average molecular weight is 147 g/mol. The molecule has 0 amide bonds. The fourth-order valence-electron chi connectivity index (χ4n) is 0.789. The summed E-state index contributed by atoms with van der Waals surface area (Å²) >= 11 is 0. The highest BCUT2D eigenvalue weighted by Crippen LogP contribution is 2.15. The van der Waals surface area contributed by atoms with Gasteiger partial charge in [-0.3, -0.25) is 4.79 Å². The molecule has 5 nitrogen and oxygen atoms in total. The van der Waals surface area contributed by atoms with Gasteiger partial charge in [0.2, 0.25) is 0 Å². The topological polar surface area (TPSA) is 92.8 Å². The molecule has 10 heavy (non-hydrogen) atoms. The first-order valence-electron chi connectivity index (χ1n) is 2.85. The molecular formula is C5H9NO4. The Labute approximate surface area is 57.4 Å². The van der Waals surface area contributed by atoms with Crippen LogP contribution >= 0.6 is 0 Å². The summed E-state index contributed by atoms with van der Waals surface area (Å²) in [5, 5.41) is 17.5. The van der Waals surface area contributed by atoms with Gasteiger partial charge in [-0.05, 0) is 0 Å². The monoisotopic (exact) mass is 147 g/mol. The zero-order valence-electron chi connectivity index (χ0n) is 5.28. The summed E-state index contributed by atoms with van der Waals surface area (Å²) in [4.78, 5) is 10.4. The van der Waals surface area contributed by atoms with Crippen LogP contribution in [0.15, 0.2) is 0 Å². The molecule has 0 bridgehead atoms. The lowest BCUT2D eigenvalue weighted by Crippen LogP contribution is -2.56. The molecule has 0 radical (unpaired) electrons. The van der Waals surface area contributed by atoms with Gasteiger partial charge in [-0.2, -0.15) is 0 Å². The zero-order chi connectivity index (χ0) is 7.78. The number of hydrogen-bond acceptors (Lipinski definition) is 4. The zero-order valence-corrected chi connectivity index (χ0v) is 5.28. The van der Waals surface area contributed by atoms with Crippen molar-refractivity contribution in [3.05, 3.63) is 0 Å². The Morgan fingerprint density at radius 2 is 2.40 bits per heavy atom. The van der Waals surface area contributed by atoms with Crippen LogP contribution in [-0.4, -0.2) is 41.0 Å². The van der Waals surface area contributed by atoms with Crippen LogP contribution in [0.25, 0.3) is 0 Å². The highest BCUT2D eigenvalue weighted by Gasteiger charge is 2.46. The smallest absolute Gasteiger partial charge is 0.328 e. The van der Waals surface area contributed by atoms with E-state index in [2.05, 4.69) is 4.74 Å². The van der Waals surface area contributed by atoms with E-state index in [4.69, 9.17) is 15.9 Å². The number of aliphatic hydroxyl groups excluding tert-OH is 1. The number of rotatable bonds is 1. The first-order valence-corrected chi connectivity index (χ1v) is 2.85. The third kappa shape index (κ3) is 0.880. The highest BCUT2D eigenvalue weighted by molar-refractivity contribution is 5.80. The van der Waals surface area contributed by atoms with Gasteiger partial charge < -0.3 is 20.7 Å². The molecule has 0 spiro atoms. The number of carboxylic acids is 1. The molecule has 1 aliphatic heterocycles. The molecule has 4 N–H and O–H groups in total. The van der Waals surface area contributed by atoms with Crippen molar-refractivity contribution < 1.29 is 19.7 Å². The average Bonchev–Trinajstić information content (AvgIpc) is 2.15. The van der Waals surface area contributed by atoms with Crippen molar-refractivity contribution in [3.63, 3.8) is 0 Å². The molecule has 2 atom stereocenters. The second-order valence-electron chi connectivity index (χ2n) is 2.38. The summed E-state index contributed by atoms with van der Waals surface area (Å²) in [6.45, 7) is -0.119. The van der Waals surface area contributed by atoms with E-state index in [0.29, 0.717) is 0 Å². The van der Waals surface area contributed by atoms with Crippen LogP contribution in [0, 0.1) is 0 Å². The van der Waals surface area contributed by atoms with Gasteiger partial charge in [-0.25, -0.2) is 0 Å². The molecule has 2 unspecified atom stereocenters. The molecule has 0 aromatic carbocycles. The molecule has 58 valence electrons. The van der Waals surface area contributed by atoms with E-state index in [9.17, 15) is 4.79 Å². The number of aliphatic carboxylic acids is 1. The van der Waals surface area contributed by atoms with Gasteiger partial charge >= 0.3 is 5.97 Å². The van der Waals surface area contributed by atoms with Crippen LogP contribution in [0.1, 0.15) is 0 Å². The minimum Gasteiger partial charge on any atom is -0.480 e. The molecule has 1 fully saturated rings. The summed E-state index contributed by atoms with van der Waals surface area (Å²) in [6, 6.07) is 0. The van der Waals surface area contributed by atoms with E-state index >= 15 is 0 Å². The summed E-state index contributed by atoms with van der Waals surface area (Å²) in [5.74, 6) is -1.22. The molecule has 0 saturated carbocycles. The summed E-state index contributed by atoms with van der Waals surface area (Å²) in [6.07, 6.45) is -1.09. The van der Waals surface area contributed by atoms with Gasteiger partial charge in [0.1, 0.15) is 6.10 Å². The third-order valence-corrected chi connectivity index (χ3v) is 1.61. The summed E-state index contributed by atoms with van der Waals surface area (Å²) in [7, 11) is 0. The van der Waals surface area contributed by atoms with Crippen LogP contribution in [0.3, 0.4) is 0 Å². The lowest BCUT2D eigenvalue weighted by molar-refractivity contribution is -0.146. The van der Waals surface area contributed by atoms with Gasteiger partial charge in [0.15, 0.2) is 5.54 Å². The Morgan fingerprint density at radius 3 is 2.60 bits per heavy atom. The third-order valence-electron chi connectivity index (χ3n) is 1.61. The van der Waals surface area contributed by atoms with E-state index in [1.165, 1.54) is 0 Å². The van der Waals surface area contributed by atoms with Gasteiger partial charge in [0, 0.05) is 0 Å². The number of nitrogens with two attached hydrogens (primary N) is 1. The SMILES string of the molecule is NC1(C(=O)O)COCC1O. The first-order chi connectivity index (χ1) is 4.57. The van der Waals surface area contributed by atoms with Crippen molar-refractivity contribution >= 4 is 5.97 Å². The van der Waals surface area contributed by atoms with E-state index in [1.807, 2.05) is 0 Å². The van der Waals surface area contributed by atoms with Crippen molar-refractivity contribution in [1.29, 1.82) is 0 Å². The predicted molar refractivity (Wildman–Crippen MR) is 31.4 cm³/mol. The molecule has 1 aliphatic rings. The quantitative estimate of drug-likeness (QED) is 0.405. The second kappa shape index (κ2) is 2.19. The van der Waals surface area contributed by atoms with Crippen LogP contribution in [0.2, 0.25) is 0 Å². The normalized spacial score (nSPS) is 40.0. The minimum atomic E-state index is -1.60. The molecule has 5 heteroatoms. The van der Waals surface area contributed by atoms with E-state index in [0.717, 1.165) is 0 Å². The van der Waals surface area contributed by atoms with Gasteiger partial charge in [-0.1, -0.05) is 0 Å². The van der Waals surface area contributed by atoms with Crippen LogP contribution in [-0.2, 0) is 9.53 Å². The van der Waals surface area contributed by atoms with E-state index < -0.39 is 17.6 Å². The summed E-state index contributed by atoms with van der Waals surface area (Å²) in [5.41, 5.74) is 3.67. The van der Waals surface area contributed by atoms with E-state index in [-0.39, 0.29) is 13.2 Å². The van der Waals surface area contributed by atoms with Crippen molar-refractivity contribution in [3.8, 4) is 0 Å². The fourth-order valence-corrected chi connectivity index (χ4v) is 0.789.